The molecular weight excluding hydrogens is 373 g/mol. The van der Waals surface area contributed by atoms with Gasteiger partial charge < -0.3 is 14.4 Å². The van der Waals surface area contributed by atoms with E-state index in [1.54, 1.807) is 32.2 Å². The van der Waals surface area contributed by atoms with E-state index in [9.17, 15) is 4.79 Å². The summed E-state index contributed by atoms with van der Waals surface area (Å²) in [6.07, 6.45) is 0.329. The van der Waals surface area contributed by atoms with Crippen molar-refractivity contribution in [1.82, 2.24) is 4.90 Å². The standard InChI is InChI=1S/C20H21Cl2NO3/c1-13(26-19-8-5-16(21)11-18(19)22)20(24)23-10-9-15(12-23)14-3-6-17(25-2)7-4-14/h3-8,11,13,15H,9-10,12H2,1-2H3. The third kappa shape index (κ3) is 4.25. The number of carbonyl (C=O) groups excluding carboxylic acids is 1. The van der Waals surface area contributed by atoms with Crippen molar-refractivity contribution in [3.8, 4) is 11.5 Å². The van der Waals surface area contributed by atoms with Crippen molar-refractivity contribution in [3.63, 3.8) is 0 Å². The molecule has 26 heavy (non-hydrogen) atoms. The predicted molar refractivity (Wildman–Crippen MR) is 103 cm³/mol. The molecule has 1 saturated heterocycles. The van der Waals surface area contributed by atoms with Crippen molar-refractivity contribution in [2.75, 3.05) is 20.2 Å². The van der Waals surface area contributed by atoms with Crippen LogP contribution in [0.3, 0.4) is 0 Å². The number of methoxy groups -OCH3 is 1. The van der Waals surface area contributed by atoms with Crippen LogP contribution in [0.4, 0.5) is 0 Å². The minimum Gasteiger partial charge on any atom is -0.497 e. The first-order valence-corrected chi connectivity index (χ1v) is 9.28. The van der Waals surface area contributed by atoms with Crippen molar-refractivity contribution < 1.29 is 14.3 Å². The Morgan fingerprint density at radius 3 is 2.58 bits per heavy atom. The molecule has 6 heteroatoms. The van der Waals surface area contributed by atoms with Gasteiger partial charge in [-0.25, -0.2) is 0 Å². The molecule has 0 saturated carbocycles. The summed E-state index contributed by atoms with van der Waals surface area (Å²) in [5.41, 5.74) is 1.22. The summed E-state index contributed by atoms with van der Waals surface area (Å²) in [4.78, 5) is 14.6. The zero-order valence-electron chi connectivity index (χ0n) is 14.7. The molecule has 0 aliphatic carbocycles. The van der Waals surface area contributed by atoms with Gasteiger partial charge in [0.2, 0.25) is 0 Å². The van der Waals surface area contributed by atoms with E-state index in [0.717, 1.165) is 18.7 Å². The van der Waals surface area contributed by atoms with E-state index in [0.29, 0.717) is 28.3 Å². The Morgan fingerprint density at radius 1 is 1.19 bits per heavy atom. The van der Waals surface area contributed by atoms with E-state index >= 15 is 0 Å². The first-order chi connectivity index (χ1) is 12.5. The highest BCUT2D eigenvalue weighted by Crippen LogP contribution is 2.31. The lowest BCUT2D eigenvalue weighted by molar-refractivity contribution is -0.136. The van der Waals surface area contributed by atoms with Crippen LogP contribution in [0.1, 0.15) is 24.8 Å². The average Bonchev–Trinajstić information content (AvgIpc) is 3.13. The second-order valence-electron chi connectivity index (χ2n) is 6.38. The number of halogens is 2. The lowest BCUT2D eigenvalue weighted by Crippen LogP contribution is -2.39. The van der Waals surface area contributed by atoms with Crippen molar-refractivity contribution in [2.24, 2.45) is 0 Å². The van der Waals surface area contributed by atoms with Crippen LogP contribution < -0.4 is 9.47 Å². The molecule has 4 nitrogen and oxygen atoms in total. The highest BCUT2D eigenvalue weighted by Gasteiger charge is 2.31. The quantitative estimate of drug-likeness (QED) is 0.732. The van der Waals surface area contributed by atoms with Crippen LogP contribution in [-0.4, -0.2) is 37.1 Å². The smallest absolute Gasteiger partial charge is 0.263 e. The SMILES string of the molecule is COc1ccc(C2CCN(C(=O)C(C)Oc3ccc(Cl)cc3Cl)C2)cc1. The number of benzene rings is 2. The van der Waals surface area contributed by atoms with Gasteiger partial charge in [-0.05, 0) is 49.2 Å². The number of hydrogen-bond donors (Lipinski definition) is 0. The molecule has 1 amide bonds. The van der Waals surface area contributed by atoms with Gasteiger partial charge in [0.1, 0.15) is 11.5 Å². The lowest BCUT2D eigenvalue weighted by Gasteiger charge is -2.22. The Balaban J connectivity index is 1.61. The van der Waals surface area contributed by atoms with Gasteiger partial charge in [-0.3, -0.25) is 4.79 Å². The number of nitrogens with zero attached hydrogens (tertiary/aromatic N) is 1. The molecule has 2 unspecified atom stereocenters. The lowest BCUT2D eigenvalue weighted by atomic mass is 9.98. The van der Waals surface area contributed by atoms with Gasteiger partial charge in [0.15, 0.2) is 6.10 Å². The first kappa shape index (κ1) is 18.9. The predicted octanol–water partition coefficient (Wildman–Crippen LogP) is 4.79. The van der Waals surface area contributed by atoms with E-state index in [1.165, 1.54) is 5.56 Å². The molecule has 1 fully saturated rings. The number of carbonyl (C=O) groups is 1. The van der Waals surface area contributed by atoms with Gasteiger partial charge in [-0.15, -0.1) is 0 Å². The maximum atomic E-state index is 12.7. The molecule has 3 rings (SSSR count). The summed E-state index contributed by atoms with van der Waals surface area (Å²) in [5.74, 6) is 1.59. The summed E-state index contributed by atoms with van der Waals surface area (Å²) in [6.45, 7) is 3.15. The normalized spacial score (nSPS) is 17.8. The third-order valence-corrected chi connectivity index (χ3v) is 5.16. The first-order valence-electron chi connectivity index (χ1n) is 8.52. The third-order valence-electron chi connectivity index (χ3n) is 4.63. The van der Waals surface area contributed by atoms with E-state index in [1.807, 2.05) is 17.0 Å². The number of amides is 1. The second kappa shape index (κ2) is 8.19. The monoisotopic (exact) mass is 393 g/mol. The van der Waals surface area contributed by atoms with Crippen LogP contribution in [0.25, 0.3) is 0 Å². The van der Waals surface area contributed by atoms with E-state index in [2.05, 4.69) is 12.1 Å². The van der Waals surface area contributed by atoms with Crippen LogP contribution in [0.5, 0.6) is 11.5 Å². The molecule has 0 spiro atoms. The fourth-order valence-corrected chi connectivity index (χ4v) is 3.63. The largest absolute Gasteiger partial charge is 0.497 e. The molecule has 2 aromatic rings. The summed E-state index contributed by atoms with van der Waals surface area (Å²) >= 11 is 12.0. The van der Waals surface area contributed by atoms with Crippen molar-refractivity contribution >= 4 is 29.1 Å². The maximum absolute atomic E-state index is 12.7. The molecule has 1 heterocycles. The van der Waals surface area contributed by atoms with Gasteiger partial charge in [0, 0.05) is 24.0 Å². The van der Waals surface area contributed by atoms with Crippen molar-refractivity contribution in [2.45, 2.75) is 25.4 Å². The molecule has 0 N–H and O–H groups in total. The maximum Gasteiger partial charge on any atom is 0.263 e. The molecule has 2 atom stereocenters. The minimum absolute atomic E-state index is 0.0352. The van der Waals surface area contributed by atoms with Gasteiger partial charge >= 0.3 is 0 Å². The zero-order chi connectivity index (χ0) is 18.7. The number of ether oxygens (including phenoxy) is 2. The topological polar surface area (TPSA) is 38.8 Å². The fourth-order valence-electron chi connectivity index (χ4n) is 3.18. The minimum atomic E-state index is -0.608. The zero-order valence-corrected chi connectivity index (χ0v) is 16.3. The Bertz CT molecular complexity index is 779. The Hall–Kier alpha value is -1.91. The Kier molecular flexibility index (Phi) is 5.94. The van der Waals surface area contributed by atoms with Crippen LogP contribution in [-0.2, 0) is 4.79 Å². The molecule has 1 aliphatic rings. The van der Waals surface area contributed by atoms with Crippen LogP contribution in [0.15, 0.2) is 42.5 Å². The average molecular weight is 394 g/mol. The molecule has 1 aliphatic heterocycles. The van der Waals surface area contributed by atoms with Gasteiger partial charge in [-0.1, -0.05) is 35.3 Å². The molecule has 2 aromatic carbocycles. The molecule has 0 radical (unpaired) electrons. The molecule has 0 aromatic heterocycles. The summed E-state index contributed by atoms with van der Waals surface area (Å²) in [5, 5.41) is 0.929. The number of hydrogen-bond acceptors (Lipinski definition) is 3. The van der Waals surface area contributed by atoms with E-state index < -0.39 is 6.10 Å². The number of likely N-dealkylation sites (tertiary alicyclic amines) is 1. The summed E-state index contributed by atoms with van der Waals surface area (Å²) in [6, 6.07) is 13.0. The van der Waals surface area contributed by atoms with Crippen molar-refractivity contribution in [3.05, 3.63) is 58.1 Å². The highest BCUT2D eigenvalue weighted by atomic mass is 35.5. The Labute approximate surface area is 163 Å². The Morgan fingerprint density at radius 2 is 1.92 bits per heavy atom. The summed E-state index contributed by atoms with van der Waals surface area (Å²) in [7, 11) is 1.65. The van der Waals surface area contributed by atoms with E-state index in [-0.39, 0.29) is 5.91 Å². The summed E-state index contributed by atoms with van der Waals surface area (Å²) < 4.78 is 10.9. The van der Waals surface area contributed by atoms with Crippen molar-refractivity contribution in [1.29, 1.82) is 0 Å². The van der Waals surface area contributed by atoms with Crippen LogP contribution in [0, 0.1) is 0 Å². The van der Waals surface area contributed by atoms with Gasteiger partial charge in [-0.2, -0.15) is 0 Å². The van der Waals surface area contributed by atoms with Gasteiger partial charge in [0.05, 0.1) is 12.1 Å². The second-order valence-corrected chi connectivity index (χ2v) is 7.22. The fraction of sp³-hybridized carbons (Fsp3) is 0.350. The van der Waals surface area contributed by atoms with E-state index in [4.69, 9.17) is 32.7 Å². The van der Waals surface area contributed by atoms with Crippen LogP contribution in [0.2, 0.25) is 10.0 Å². The molecular formula is C20H21Cl2NO3. The molecule has 138 valence electrons. The van der Waals surface area contributed by atoms with Crippen LogP contribution >= 0.6 is 23.2 Å². The molecule has 0 bridgehead atoms. The number of rotatable bonds is 5. The highest BCUT2D eigenvalue weighted by molar-refractivity contribution is 6.35. The van der Waals surface area contributed by atoms with Gasteiger partial charge in [0.25, 0.3) is 5.91 Å².